The topological polar surface area (TPSA) is 65.1 Å². The van der Waals surface area contributed by atoms with E-state index in [1.165, 1.54) is 17.2 Å². The van der Waals surface area contributed by atoms with Gasteiger partial charge in [0.25, 0.3) is 0 Å². The van der Waals surface area contributed by atoms with Crippen LogP contribution in [0.15, 0.2) is 30.7 Å². The molecule has 0 N–H and O–H groups in total. The van der Waals surface area contributed by atoms with Crippen LogP contribution in [-0.2, 0) is 23.8 Å². The van der Waals surface area contributed by atoms with E-state index in [4.69, 9.17) is 14.2 Å². The average molecular weight is 457 g/mol. The van der Waals surface area contributed by atoms with Crippen LogP contribution in [0, 0.1) is 0 Å². The third kappa shape index (κ3) is 2.64. The highest BCUT2D eigenvalue weighted by molar-refractivity contribution is 14.1. The van der Waals surface area contributed by atoms with Crippen LogP contribution >= 0.6 is 22.6 Å². The number of carbonyl (C=O) groups is 2. The normalized spacial score (nSPS) is 39.1. The maximum Gasteiger partial charge on any atom is 0.236 e. The van der Waals surface area contributed by atoms with Crippen molar-refractivity contribution in [3.8, 4) is 0 Å². The van der Waals surface area contributed by atoms with Crippen molar-refractivity contribution in [1.82, 2.24) is 4.90 Å². The summed E-state index contributed by atoms with van der Waals surface area (Å²) in [7, 11) is 0. The van der Waals surface area contributed by atoms with Gasteiger partial charge in [0.05, 0.1) is 12.5 Å². The molecule has 0 aromatic carbocycles. The predicted molar refractivity (Wildman–Crippen MR) is 96.8 cm³/mol. The number of alkyl halides is 1. The zero-order chi connectivity index (χ0) is 17.7. The molecule has 4 rings (SSSR count). The van der Waals surface area contributed by atoms with Crippen LogP contribution in [0.2, 0.25) is 0 Å². The minimum atomic E-state index is -0.956. The van der Waals surface area contributed by atoms with Crippen molar-refractivity contribution in [1.29, 1.82) is 0 Å². The molecule has 1 spiro atoms. The Balaban J connectivity index is 1.76. The maximum atomic E-state index is 12.5. The third-order valence-corrected chi connectivity index (χ3v) is 6.18. The average Bonchev–Trinajstić information content (AvgIpc) is 3.22. The van der Waals surface area contributed by atoms with Gasteiger partial charge in [-0.25, -0.2) is 0 Å². The Bertz CT molecular complexity index is 679. The third-order valence-electron chi connectivity index (χ3n) is 5.31. The summed E-state index contributed by atoms with van der Waals surface area (Å²) in [6.45, 7) is 3.71. The fourth-order valence-electron chi connectivity index (χ4n) is 4.26. The monoisotopic (exact) mass is 457 g/mol. The molecule has 25 heavy (non-hydrogen) atoms. The molecule has 3 fully saturated rings. The number of hydrogen-bond acceptors (Lipinski definition) is 5. The molecular weight excluding hydrogens is 437 g/mol. The summed E-state index contributed by atoms with van der Waals surface area (Å²) in [5.41, 5.74) is 1.87. The first-order valence-electron chi connectivity index (χ1n) is 8.52. The van der Waals surface area contributed by atoms with Gasteiger partial charge < -0.3 is 14.2 Å². The van der Waals surface area contributed by atoms with Crippen molar-refractivity contribution in [3.63, 3.8) is 0 Å². The number of ketones is 1. The summed E-state index contributed by atoms with van der Waals surface area (Å²) in [5, 5.41) is 0. The van der Waals surface area contributed by atoms with Crippen LogP contribution in [0.4, 0.5) is 0 Å². The second-order valence-electron chi connectivity index (χ2n) is 6.90. The Labute approximate surface area is 160 Å². The van der Waals surface area contributed by atoms with Gasteiger partial charge in [0, 0.05) is 23.5 Å². The van der Waals surface area contributed by atoms with Crippen LogP contribution in [0.3, 0.4) is 0 Å². The first kappa shape index (κ1) is 17.4. The first-order chi connectivity index (χ1) is 12.0. The minimum Gasteiger partial charge on any atom is -0.347 e. The largest absolute Gasteiger partial charge is 0.347 e. The van der Waals surface area contributed by atoms with Crippen LogP contribution in [0.5, 0.6) is 0 Å². The smallest absolute Gasteiger partial charge is 0.236 e. The Hall–Kier alpha value is -0.990. The Morgan fingerprint density at radius 2 is 2.16 bits per heavy atom. The van der Waals surface area contributed by atoms with E-state index in [1.54, 1.807) is 6.08 Å². The lowest BCUT2D eigenvalue weighted by atomic mass is 9.93. The van der Waals surface area contributed by atoms with Gasteiger partial charge >= 0.3 is 0 Å². The number of halogens is 1. The van der Waals surface area contributed by atoms with Gasteiger partial charge in [-0.05, 0) is 25.0 Å². The summed E-state index contributed by atoms with van der Waals surface area (Å²) in [5.74, 6) is -1.12. The van der Waals surface area contributed by atoms with E-state index in [1.807, 2.05) is 0 Å². The SMILES string of the molecule is C=C=C[C@@]12OC3(CCCC3)O[C@@H]1[C@@H](CI)O[C@H]2N1C=CC(=O)CC1=O. The second-order valence-corrected chi connectivity index (χ2v) is 7.78. The fourth-order valence-corrected chi connectivity index (χ4v) is 4.93. The molecule has 4 aliphatic rings. The summed E-state index contributed by atoms with van der Waals surface area (Å²) in [6, 6.07) is 0. The number of allylic oxidation sites excluding steroid dienone is 1. The molecule has 6 nitrogen and oxygen atoms in total. The van der Waals surface area contributed by atoms with Crippen LogP contribution in [0.1, 0.15) is 32.1 Å². The number of rotatable bonds is 3. The van der Waals surface area contributed by atoms with Crippen molar-refractivity contribution in [2.24, 2.45) is 0 Å². The lowest BCUT2D eigenvalue weighted by molar-refractivity contribution is -0.227. The molecule has 134 valence electrons. The molecule has 0 bridgehead atoms. The molecule has 3 heterocycles. The molecule has 1 amide bonds. The van der Waals surface area contributed by atoms with E-state index in [2.05, 4.69) is 34.9 Å². The molecule has 7 heteroatoms. The summed E-state index contributed by atoms with van der Waals surface area (Å²) in [6.07, 6.45) is 7.01. The maximum absolute atomic E-state index is 12.5. The van der Waals surface area contributed by atoms with Gasteiger partial charge in [0.15, 0.2) is 23.4 Å². The minimum absolute atomic E-state index is 0.157. The predicted octanol–water partition coefficient (Wildman–Crippen LogP) is 2.23. The van der Waals surface area contributed by atoms with E-state index in [9.17, 15) is 9.59 Å². The number of hydrogen-bond donors (Lipinski definition) is 0. The highest BCUT2D eigenvalue weighted by atomic mass is 127. The van der Waals surface area contributed by atoms with Crippen molar-refractivity contribution < 1.29 is 23.8 Å². The number of amides is 1. The van der Waals surface area contributed by atoms with Crippen molar-refractivity contribution in [2.75, 3.05) is 4.43 Å². The zero-order valence-corrected chi connectivity index (χ0v) is 15.9. The number of nitrogens with zero attached hydrogens (tertiary/aromatic N) is 1. The van der Waals surface area contributed by atoms with Crippen LogP contribution < -0.4 is 0 Å². The van der Waals surface area contributed by atoms with E-state index < -0.39 is 17.6 Å². The quantitative estimate of drug-likeness (QED) is 0.282. The first-order valence-corrected chi connectivity index (χ1v) is 10.0. The Kier molecular flexibility index (Phi) is 4.40. The lowest BCUT2D eigenvalue weighted by Crippen LogP contribution is -2.54. The molecule has 0 unspecified atom stereocenters. The van der Waals surface area contributed by atoms with Gasteiger partial charge in [0.2, 0.25) is 5.91 Å². The number of ether oxygens (including phenoxy) is 3. The number of carbonyl (C=O) groups excluding carboxylic acids is 2. The van der Waals surface area contributed by atoms with E-state index in [0.29, 0.717) is 4.43 Å². The standard InChI is InChI=1S/C18H20INO5/c1-2-6-18-15(24-17(25-18)7-3-4-8-17)13(11-19)23-16(18)20-9-5-12(21)10-14(20)22/h5-6,9,13,15-16H,1,3-4,7-8,10-11H2/t13-,15-,16-,18-/m1/s1. The van der Waals surface area contributed by atoms with Crippen molar-refractivity contribution >= 4 is 34.3 Å². The Morgan fingerprint density at radius 1 is 1.40 bits per heavy atom. The number of fused-ring (bicyclic) bond motifs is 1. The van der Waals surface area contributed by atoms with Crippen LogP contribution in [-0.4, -0.2) is 50.8 Å². The summed E-state index contributed by atoms with van der Waals surface area (Å²) in [4.78, 5) is 25.5. The van der Waals surface area contributed by atoms with E-state index in [0.717, 1.165) is 25.7 Å². The molecular formula is C18H20INO5. The zero-order valence-electron chi connectivity index (χ0n) is 13.8. The molecule has 0 aromatic rings. The van der Waals surface area contributed by atoms with Gasteiger partial charge in [0.1, 0.15) is 6.10 Å². The molecule has 1 saturated carbocycles. The van der Waals surface area contributed by atoms with Crippen molar-refractivity contribution in [2.45, 2.75) is 61.9 Å². The highest BCUT2D eigenvalue weighted by Gasteiger charge is 2.68. The Morgan fingerprint density at radius 3 is 2.80 bits per heavy atom. The van der Waals surface area contributed by atoms with E-state index in [-0.39, 0.29) is 30.3 Å². The molecule has 2 saturated heterocycles. The molecule has 4 atom stereocenters. The van der Waals surface area contributed by atoms with Crippen LogP contribution in [0.25, 0.3) is 0 Å². The molecule has 0 radical (unpaired) electrons. The van der Waals surface area contributed by atoms with Gasteiger partial charge in [-0.1, -0.05) is 29.2 Å². The van der Waals surface area contributed by atoms with Crippen molar-refractivity contribution in [3.05, 3.63) is 30.7 Å². The molecule has 1 aliphatic carbocycles. The fraction of sp³-hybridized carbons (Fsp3) is 0.611. The second kappa shape index (κ2) is 6.32. The summed E-state index contributed by atoms with van der Waals surface area (Å²) >= 11 is 2.26. The van der Waals surface area contributed by atoms with Gasteiger partial charge in [-0.3, -0.25) is 14.5 Å². The van der Waals surface area contributed by atoms with E-state index >= 15 is 0 Å². The van der Waals surface area contributed by atoms with Gasteiger partial charge in [-0.15, -0.1) is 5.73 Å². The summed E-state index contributed by atoms with van der Waals surface area (Å²) < 4.78 is 19.8. The molecule has 3 aliphatic heterocycles. The highest BCUT2D eigenvalue weighted by Crippen LogP contribution is 2.54. The molecule has 0 aromatic heterocycles. The van der Waals surface area contributed by atoms with Gasteiger partial charge in [-0.2, -0.15) is 0 Å². The lowest BCUT2D eigenvalue weighted by Gasteiger charge is -2.37.